The number of aromatic nitrogens is 2. The van der Waals surface area contributed by atoms with Gasteiger partial charge < -0.3 is 23.9 Å². The van der Waals surface area contributed by atoms with Crippen LogP contribution in [0.4, 0.5) is 4.79 Å². The molecule has 3 heterocycles. The quantitative estimate of drug-likeness (QED) is 0.785. The third-order valence-corrected chi connectivity index (χ3v) is 4.56. The van der Waals surface area contributed by atoms with E-state index in [-0.39, 0.29) is 18.6 Å². The minimum Gasteiger partial charge on any atom is -0.465 e. The fraction of sp³-hybridized carbons (Fsp3) is 0.611. The van der Waals surface area contributed by atoms with Crippen molar-refractivity contribution in [3.63, 3.8) is 0 Å². The predicted molar refractivity (Wildman–Crippen MR) is 97.1 cm³/mol. The number of morpholine rings is 1. The number of carbonyl (C=O) groups is 1. The van der Waals surface area contributed by atoms with Gasteiger partial charge in [0.2, 0.25) is 5.89 Å². The number of furan rings is 1. The molecule has 148 valence electrons. The number of hydrogen-bond acceptors (Lipinski definition) is 7. The first-order chi connectivity index (χ1) is 13.1. The van der Waals surface area contributed by atoms with Crippen molar-refractivity contribution >= 4 is 6.03 Å². The summed E-state index contributed by atoms with van der Waals surface area (Å²) < 4.78 is 16.3. The van der Waals surface area contributed by atoms with E-state index in [1.54, 1.807) is 7.05 Å². The molecule has 27 heavy (non-hydrogen) atoms. The SMILES string of the molecule is CCc1nc(CN(C)C(=O)NCC(c2ccc(C)o2)N2CCOCC2)no1. The Morgan fingerprint density at radius 3 is 2.78 bits per heavy atom. The van der Waals surface area contributed by atoms with Crippen molar-refractivity contribution < 1.29 is 18.5 Å². The Bertz CT molecular complexity index is 738. The van der Waals surface area contributed by atoms with Gasteiger partial charge in [-0.15, -0.1) is 0 Å². The summed E-state index contributed by atoms with van der Waals surface area (Å²) in [5.41, 5.74) is 0. The van der Waals surface area contributed by atoms with Gasteiger partial charge in [-0.25, -0.2) is 4.79 Å². The molecule has 2 amide bonds. The highest BCUT2D eigenvalue weighted by atomic mass is 16.5. The monoisotopic (exact) mass is 377 g/mol. The number of aryl methyl sites for hydroxylation is 2. The van der Waals surface area contributed by atoms with Gasteiger partial charge >= 0.3 is 6.03 Å². The zero-order valence-corrected chi connectivity index (χ0v) is 16.1. The van der Waals surface area contributed by atoms with Crippen LogP contribution in [0.5, 0.6) is 0 Å². The van der Waals surface area contributed by atoms with E-state index in [1.165, 1.54) is 4.90 Å². The van der Waals surface area contributed by atoms with Gasteiger partial charge in [0.25, 0.3) is 0 Å². The average Bonchev–Trinajstić information content (AvgIpc) is 3.31. The summed E-state index contributed by atoms with van der Waals surface area (Å²) >= 11 is 0. The van der Waals surface area contributed by atoms with E-state index in [2.05, 4.69) is 20.4 Å². The summed E-state index contributed by atoms with van der Waals surface area (Å²) in [7, 11) is 1.71. The normalized spacial score (nSPS) is 16.3. The van der Waals surface area contributed by atoms with Crippen molar-refractivity contribution in [3.8, 4) is 0 Å². The molecule has 0 aliphatic carbocycles. The average molecular weight is 377 g/mol. The van der Waals surface area contributed by atoms with Gasteiger partial charge in [-0.05, 0) is 19.1 Å². The molecule has 0 saturated carbocycles. The number of amides is 2. The number of carbonyl (C=O) groups excluding carboxylic acids is 1. The molecule has 9 heteroatoms. The largest absolute Gasteiger partial charge is 0.465 e. The zero-order chi connectivity index (χ0) is 19.2. The van der Waals surface area contributed by atoms with Crippen molar-refractivity contribution in [2.75, 3.05) is 39.9 Å². The van der Waals surface area contributed by atoms with Crippen LogP contribution in [0.25, 0.3) is 0 Å². The number of ether oxygens (including phenoxy) is 1. The molecule has 1 fully saturated rings. The second-order valence-electron chi connectivity index (χ2n) is 6.61. The molecular weight excluding hydrogens is 350 g/mol. The molecule has 1 aliphatic heterocycles. The van der Waals surface area contributed by atoms with Crippen LogP contribution in [0, 0.1) is 6.92 Å². The summed E-state index contributed by atoms with van der Waals surface area (Å²) in [6, 6.07) is 3.69. The maximum Gasteiger partial charge on any atom is 0.317 e. The molecule has 0 radical (unpaired) electrons. The molecule has 3 rings (SSSR count). The molecule has 9 nitrogen and oxygen atoms in total. The maximum atomic E-state index is 12.5. The van der Waals surface area contributed by atoms with Crippen LogP contribution in [-0.4, -0.2) is 65.9 Å². The Morgan fingerprint density at radius 2 is 2.15 bits per heavy atom. The highest BCUT2D eigenvalue weighted by molar-refractivity contribution is 5.73. The summed E-state index contributed by atoms with van der Waals surface area (Å²) in [5.74, 6) is 2.77. The van der Waals surface area contributed by atoms with Gasteiger partial charge in [-0.2, -0.15) is 4.98 Å². The van der Waals surface area contributed by atoms with E-state index in [9.17, 15) is 4.79 Å². The molecule has 2 aromatic heterocycles. The van der Waals surface area contributed by atoms with Crippen LogP contribution in [0.2, 0.25) is 0 Å². The van der Waals surface area contributed by atoms with Gasteiger partial charge in [-0.1, -0.05) is 12.1 Å². The summed E-state index contributed by atoms with van der Waals surface area (Å²) in [6.07, 6.45) is 0.673. The van der Waals surface area contributed by atoms with Crippen molar-refractivity contribution in [1.29, 1.82) is 0 Å². The molecule has 1 unspecified atom stereocenters. The summed E-state index contributed by atoms with van der Waals surface area (Å²) in [5, 5.41) is 6.87. The smallest absolute Gasteiger partial charge is 0.317 e. The molecule has 1 N–H and O–H groups in total. The van der Waals surface area contributed by atoms with Crippen LogP contribution in [0.1, 0.15) is 36.2 Å². The second-order valence-corrected chi connectivity index (χ2v) is 6.61. The Morgan fingerprint density at radius 1 is 1.37 bits per heavy atom. The van der Waals surface area contributed by atoms with E-state index >= 15 is 0 Å². The Hall–Kier alpha value is -2.39. The van der Waals surface area contributed by atoms with E-state index in [4.69, 9.17) is 13.7 Å². The van der Waals surface area contributed by atoms with Crippen molar-refractivity contribution in [3.05, 3.63) is 35.4 Å². The van der Waals surface area contributed by atoms with Crippen molar-refractivity contribution in [2.45, 2.75) is 32.9 Å². The number of rotatable bonds is 7. The van der Waals surface area contributed by atoms with E-state index in [0.717, 1.165) is 24.6 Å². The zero-order valence-electron chi connectivity index (χ0n) is 16.1. The Balaban J connectivity index is 1.59. The molecule has 0 aromatic carbocycles. The fourth-order valence-corrected chi connectivity index (χ4v) is 3.03. The first-order valence-electron chi connectivity index (χ1n) is 9.25. The molecule has 1 saturated heterocycles. The third kappa shape index (κ3) is 5.08. The molecular formula is C18H27N5O4. The topological polar surface area (TPSA) is 96.9 Å². The van der Waals surface area contributed by atoms with Crippen molar-refractivity contribution in [2.24, 2.45) is 0 Å². The highest BCUT2D eigenvalue weighted by Crippen LogP contribution is 2.23. The maximum absolute atomic E-state index is 12.5. The molecule has 1 aliphatic rings. The molecule has 1 atom stereocenters. The number of nitrogens with one attached hydrogen (secondary N) is 1. The molecule has 0 bridgehead atoms. The second kappa shape index (κ2) is 9.01. The highest BCUT2D eigenvalue weighted by Gasteiger charge is 2.26. The number of nitrogens with zero attached hydrogens (tertiary/aromatic N) is 4. The first-order valence-corrected chi connectivity index (χ1v) is 9.25. The van der Waals surface area contributed by atoms with Gasteiger partial charge in [0.05, 0.1) is 25.8 Å². The lowest BCUT2D eigenvalue weighted by atomic mass is 10.1. The first kappa shape index (κ1) is 19.4. The van der Waals surface area contributed by atoms with Gasteiger partial charge in [-0.3, -0.25) is 4.90 Å². The van der Waals surface area contributed by atoms with Gasteiger partial charge in [0.1, 0.15) is 11.5 Å². The number of urea groups is 1. The predicted octanol–water partition coefficient (Wildman–Crippen LogP) is 1.75. The number of hydrogen-bond donors (Lipinski definition) is 1. The van der Waals surface area contributed by atoms with E-state index < -0.39 is 0 Å². The van der Waals surface area contributed by atoms with Gasteiger partial charge in [0.15, 0.2) is 5.82 Å². The lowest BCUT2D eigenvalue weighted by Crippen LogP contribution is -2.46. The minimum absolute atomic E-state index is 0.0307. The van der Waals surface area contributed by atoms with Gasteiger partial charge in [0, 0.05) is 33.1 Å². The van der Waals surface area contributed by atoms with Crippen LogP contribution in [0.15, 0.2) is 21.1 Å². The van der Waals surface area contributed by atoms with Crippen molar-refractivity contribution in [1.82, 2.24) is 25.3 Å². The van der Waals surface area contributed by atoms with Crippen LogP contribution >= 0.6 is 0 Å². The van der Waals surface area contributed by atoms with E-state index in [0.29, 0.717) is 37.9 Å². The summed E-state index contributed by atoms with van der Waals surface area (Å²) in [4.78, 5) is 20.5. The lowest BCUT2D eigenvalue weighted by molar-refractivity contribution is 0.0119. The Kier molecular flexibility index (Phi) is 6.46. The molecule has 2 aromatic rings. The Labute approximate surface area is 158 Å². The molecule has 0 spiro atoms. The fourth-order valence-electron chi connectivity index (χ4n) is 3.03. The third-order valence-electron chi connectivity index (χ3n) is 4.56. The standard InChI is InChI=1S/C18H27N5O4/c1-4-17-20-16(21-27-17)12-22(3)18(24)19-11-14(15-6-5-13(2)26-15)23-7-9-25-10-8-23/h5-6,14H,4,7-12H2,1-3H3,(H,19,24). The van der Waals surface area contributed by atoms with Crippen LogP contribution in [0.3, 0.4) is 0 Å². The van der Waals surface area contributed by atoms with Crippen LogP contribution < -0.4 is 5.32 Å². The minimum atomic E-state index is -0.195. The summed E-state index contributed by atoms with van der Waals surface area (Å²) in [6.45, 7) is 7.57. The van der Waals surface area contributed by atoms with Crippen LogP contribution in [-0.2, 0) is 17.7 Å². The van der Waals surface area contributed by atoms with E-state index in [1.807, 2.05) is 26.0 Å². The lowest BCUT2D eigenvalue weighted by Gasteiger charge is -2.33.